The van der Waals surface area contributed by atoms with Crippen molar-refractivity contribution < 1.29 is 4.74 Å². The Morgan fingerprint density at radius 1 is 1.17 bits per heavy atom. The maximum atomic E-state index is 5.44. The summed E-state index contributed by atoms with van der Waals surface area (Å²) in [6.07, 6.45) is 1.03. The van der Waals surface area contributed by atoms with E-state index < -0.39 is 0 Å². The third-order valence-corrected chi connectivity index (χ3v) is 4.04. The zero-order valence-corrected chi connectivity index (χ0v) is 15.0. The Morgan fingerprint density at radius 2 is 1.87 bits per heavy atom. The lowest BCUT2D eigenvalue weighted by atomic mass is 10.0. The van der Waals surface area contributed by atoms with Crippen LogP contribution < -0.4 is 15.4 Å². The molecule has 2 aromatic rings. The van der Waals surface area contributed by atoms with Gasteiger partial charge in [-0.2, -0.15) is 0 Å². The molecule has 0 heterocycles. The van der Waals surface area contributed by atoms with Crippen molar-refractivity contribution in [2.45, 2.75) is 33.2 Å². The lowest BCUT2D eigenvalue weighted by molar-refractivity contribution is 0.405. The summed E-state index contributed by atoms with van der Waals surface area (Å²) in [7, 11) is 1.69. The Morgan fingerprint density at radius 3 is 2.48 bits per heavy atom. The Labute approximate surface area is 144 Å². The minimum Gasteiger partial charge on any atom is -0.496 e. The highest BCUT2D eigenvalue weighted by Gasteiger charge is 2.12. The topological polar surface area (TPSA) is 33.3 Å². The van der Waals surface area contributed by atoms with Crippen LogP contribution >= 0.6 is 12.2 Å². The highest BCUT2D eigenvalue weighted by Crippen LogP contribution is 2.26. The van der Waals surface area contributed by atoms with Gasteiger partial charge in [-0.1, -0.05) is 36.8 Å². The molecule has 0 spiro atoms. The van der Waals surface area contributed by atoms with Gasteiger partial charge in [-0.05, 0) is 56.2 Å². The second kappa shape index (κ2) is 7.97. The molecule has 0 saturated heterocycles. The number of benzene rings is 2. The summed E-state index contributed by atoms with van der Waals surface area (Å²) in [6.45, 7) is 6.29. The SMILES string of the molecule is CCc1ccc(NC(=S)N[C@H](C)c2cc(C)ccc2OC)cc1. The summed E-state index contributed by atoms with van der Waals surface area (Å²) < 4.78 is 5.44. The first-order valence-corrected chi connectivity index (χ1v) is 8.25. The van der Waals surface area contributed by atoms with Gasteiger partial charge in [-0.15, -0.1) is 0 Å². The standard InChI is InChI=1S/C19H24N2OS/c1-5-15-7-9-16(10-8-15)21-19(23)20-14(3)17-12-13(2)6-11-18(17)22-4/h6-12,14H,5H2,1-4H3,(H2,20,21,23)/t14-/m1/s1. The number of rotatable bonds is 5. The highest BCUT2D eigenvalue weighted by atomic mass is 32.1. The molecule has 2 aromatic carbocycles. The number of nitrogens with one attached hydrogen (secondary N) is 2. The van der Waals surface area contributed by atoms with Gasteiger partial charge in [-0.3, -0.25) is 0 Å². The minimum atomic E-state index is 0.0553. The van der Waals surface area contributed by atoms with Crippen LogP contribution in [0.1, 0.15) is 36.6 Å². The van der Waals surface area contributed by atoms with E-state index in [0.717, 1.165) is 23.4 Å². The molecular weight excluding hydrogens is 304 g/mol. The Balaban J connectivity index is 2.03. The van der Waals surface area contributed by atoms with Gasteiger partial charge in [0.1, 0.15) is 5.75 Å². The average Bonchev–Trinajstić information content (AvgIpc) is 2.55. The molecule has 0 aliphatic heterocycles. The molecule has 0 saturated carbocycles. The van der Waals surface area contributed by atoms with Crippen LogP contribution in [0.15, 0.2) is 42.5 Å². The van der Waals surface area contributed by atoms with Crippen LogP contribution in [0.2, 0.25) is 0 Å². The molecule has 0 aliphatic carbocycles. The monoisotopic (exact) mass is 328 g/mol. The third kappa shape index (κ3) is 4.70. The largest absolute Gasteiger partial charge is 0.496 e. The van der Waals surface area contributed by atoms with E-state index in [1.807, 2.05) is 24.3 Å². The van der Waals surface area contributed by atoms with Crippen molar-refractivity contribution in [2.24, 2.45) is 0 Å². The molecule has 0 fully saturated rings. The lowest BCUT2D eigenvalue weighted by Crippen LogP contribution is -2.31. The van der Waals surface area contributed by atoms with Gasteiger partial charge in [-0.25, -0.2) is 0 Å². The van der Waals surface area contributed by atoms with E-state index in [2.05, 4.69) is 49.6 Å². The van der Waals surface area contributed by atoms with Crippen LogP contribution in [0, 0.1) is 6.92 Å². The molecule has 0 unspecified atom stereocenters. The quantitative estimate of drug-likeness (QED) is 0.785. The van der Waals surface area contributed by atoms with E-state index in [1.54, 1.807) is 7.11 Å². The molecule has 23 heavy (non-hydrogen) atoms. The summed E-state index contributed by atoms with van der Waals surface area (Å²) in [5.74, 6) is 0.866. The molecule has 4 heteroatoms. The molecule has 0 radical (unpaired) electrons. The van der Waals surface area contributed by atoms with Crippen LogP contribution in [-0.4, -0.2) is 12.2 Å². The normalized spacial score (nSPS) is 11.7. The minimum absolute atomic E-state index is 0.0553. The predicted molar refractivity (Wildman–Crippen MR) is 101 cm³/mol. The van der Waals surface area contributed by atoms with E-state index >= 15 is 0 Å². The van der Waals surface area contributed by atoms with Crippen molar-refractivity contribution in [1.82, 2.24) is 5.32 Å². The number of hydrogen-bond acceptors (Lipinski definition) is 2. The van der Waals surface area contributed by atoms with Gasteiger partial charge < -0.3 is 15.4 Å². The lowest BCUT2D eigenvalue weighted by Gasteiger charge is -2.20. The smallest absolute Gasteiger partial charge is 0.171 e. The number of aryl methyl sites for hydroxylation is 2. The van der Waals surface area contributed by atoms with Gasteiger partial charge in [0, 0.05) is 11.3 Å². The molecule has 2 N–H and O–H groups in total. The van der Waals surface area contributed by atoms with Crippen molar-refractivity contribution in [3.63, 3.8) is 0 Å². The fourth-order valence-electron chi connectivity index (χ4n) is 2.46. The second-order valence-corrected chi connectivity index (χ2v) is 6.02. The molecule has 3 nitrogen and oxygen atoms in total. The Bertz CT molecular complexity index is 668. The molecular formula is C19H24N2OS. The van der Waals surface area contributed by atoms with Crippen molar-refractivity contribution in [1.29, 1.82) is 0 Å². The van der Waals surface area contributed by atoms with Crippen LogP contribution in [0.3, 0.4) is 0 Å². The number of ether oxygens (including phenoxy) is 1. The third-order valence-electron chi connectivity index (χ3n) is 3.82. The highest BCUT2D eigenvalue weighted by molar-refractivity contribution is 7.80. The van der Waals surface area contributed by atoms with E-state index in [9.17, 15) is 0 Å². The molecule has 0 amide bonds. The van der Waals surface area contributed by atoms with E-state index in [-0.39, 0.29) is 6.04 Å². The van der Waals surface area contributed by atoms with Crippen molar-refractivity contribution in [3.8, 4) is 5.75 Å². The number of methoxy groups -OCH3 is 1. The van der Waals surface area contributed by atoms with Crippen LogP contribution in [-0.2, 0) is 6.42 Å². The zero-order chi connectivity index (χ0) is 16.8. The molecule has 1 atom stereocenters. The van der Waals surface area contributed by atoms with Crippen molar-refractivity contribution in [2.75, 3.05) is 12.4 Å². The first kappa shape index (κ1) is 17.3. The average molecular weight is 328 g/mol. The van der Waals surface area contributed by atoms with Crippen LogP contribution in [0.4, 0.5) is 5.69 Å². The maximum absolute atomic E-state index is 5.44. The molecule has 0 aromatic heterocycles. The first-order valence-electron chi connectivity index (χ1n) is 7.84. The van der Waals surface area contributed by atoms with Gasteiger partial charge in [0.2, 0.25) is 0 Å². The van der Waals surface area contributed by atoms with Gasteiger partial charge in [0.15, 0.2) is 5.11 Å². The van der Waals surface area contributed by atoms with E-state index in [4.69, 9.17) is 17.0 Å². The van der Waals surface area contributed by atoms with Gasteiger partial charge >= 0.3 is 0 Å². The van der Waals surface area contributed by atoms with E-state index in [1.165, 1.54) is 11.1 Å². The van der Waals surface area contributed by atoms with Crippen LogP contribution in [0.5, 0.6) is 5.75 Å². The number of hydrogen-bond donors (Lipinski definition) is 2. The predicted octanol–water partition coefficient (Wildman–Crippen LogP) is 4.61. The molecule has 2 rings (SSSR count). The first-order chi connectivity index (χ1) is 11.0. The second-order valence-electron chi connectivity index (χ2n) is 5.62. The van der Waals surface area contributed by atoms with E-state index in [0.29, 0.717) is 5.11 Å². The summed E-state index contributed by atoms with van der Waals surface area (Å²) in [5, 5.41) is 7.14. The maximum Gasteiger partial charge on any atom is 0.171 e. The summed E-state index contributed by atoms with van der Waals surface area (Å²) in [5.41, 5.74) is 4.59. The Kier molecular flexibility index (Phi) is 5.99. The summed E-state index contributed by atoms with van der Waals surface area (Å²) >= 11 is 5.42. The fraction of sp³-hybridized carbons (Fsp3) is 0.316. The fourth-order valence-corrected chi connectivity index (χ4v) is 2.75. The van der Waals surface area contributed by atoms with Gasteiger partial charge in [0.25, 0.3) is 0 Å². The summed E-state index contributed by atoms with van der Waals surface area (Å²) in [6, 6.07) is 14.5. The molecule has 122 valence electrons. The number of anilines is 1. The summed E-state index contributed by atoms with van der Waals surface area (Å²) in [4.78, 5) is 0. The zero-order valence-electron chi connectivity index (χ0n) is 14.1. The van der Waals surface area contributed by atoms with Crippen molar-refractivity contribution >= 4 is 23.0 Å². The van der Waals surface area contributed by atoms with Gasteiger partial charge in [0.05, 0.1) is 13.2 Å². The van der Waals surface area contributed by atoms with Crippen molar-refractivity contribution in [3.05, 3.63) is 59.2 Å². The number of thiocarbonyl (C=S) groups is 1. The molecule has 0 aliphatic rings. The van der Waals surface area contributed by atoms with Crippen LogP contribution in [0.25, 0.3) is 0 Å². The Hall–Kier alpha value is -2.07. The molecule has 0 bridgehead atoms.